The zero-order valence-corrected chi connectivity index (χ0v) is 11.9. The Balaban J connectivity index is 2.50. The minimum Gasteiger partial charge on any atom is -0.481 e. The molecular weight excluding hydrogens is 266 g/mol. The Morgan fingerprint density at radius 3 is 2.74 bits per heavy atom. The van der Waals surface area contributed by atoms with Gasteiger partial charge in [-0.05, 0) is 31.9 Å². The second kappa shape index (κ2) is 7.37. The van der Waals surface area contributed by atoms with Crippen molar-refractivity contribution >= 4 is 23.4 Å². The fourth-order valence-corrected chi connectivity index (χ4v) is 2.20. The first-order chi connectivity index (χ1) is 8.88. The number of hydrogen-bond donors (Lipinski definition) is 3. The third kappa shape index (κ3) is 5.96. The first-order valence-electron chi connectivity index (χ1n) is 6.06. The van der Waals surface area contributed by atoms with Crippen LogP contribution in [0.5, 0.6) is 0 Å². The molecule has 3 N–H and O–H groups in total. The lowest BCUT2D eigenvalue weighted by atomic mass is 10.0. The summed E-state index contributed by atoms with van der Waals surface area (Å²) in [7, 11) is 0. The maximum Gasteiger partial charge on any atom is 0.303 e. The molecule has 0 radical (unpaired) electrons. The molecule has 1 aromatic rings. The summed E-state index contributed by atoms with van der Waals surface area (Å²) in [5.74, 6) is -0.946. The normalized spacial score (nSPS) is 15.3. The Morgan fingerprint density at radius 2 is 2.21 bits per heavy atom. The van der Waals surface area contributed by atoms with E-state index in [0.717, 1.165) is 10.7 Å². The van der Waals surface area contributed by atoms with Crippen molar-refractivity contribution in [3.8, 4) is 0 Å². The van der Waals surface area contributed by atoms with E-state index in [2.05, 4.69) is 4.98 Å². The van der Waals surface area contributed by atoms with Crippen LogP contribution in [0.2, 0.25) is 0 Å². The largest absolute Gasteiger partial charge is 0.481 e. The van der Waals surface area contributed by atoms with Crippen LogP contribution in [0.4, 0.5) is 0 Å². The van der Waals surface area contributed by atoms with E-state index < -0.39 is 18.2 Å². The van der Waals surface area contributed by atoms with E-state index in [1.165, 1.54) is 11.3 Å². The van der Waals surface area contributed by atoms with Crippen LogP contribution in [0, 0.1) is 6.92 Å². The summed E-state index contributed by atoms with van der Waals surface area (Å²) in [6.45, 7) is 3.67. The van der Waals surface area contributed by atoms with E-state index >= 15 is 0 Å². The number of aryl methyl sites for hydroxylation is 1. The molecule has 19 heavy (non-hydrogen) atoms. The molecule has 0 saturated heterocycles. The standard InChI is InChI=1S/C13H19NO4S/c1-8(5-10-7-19-9(2)14-10)12(16)6-11(15)3-4-13(17)18/h5,7,11-12,15-16H,3-4,6H2,1-2H3,(H,17,18). The molecule has 0 fully saturated rings. The third-order valence-electron chi connectivity index (χ3n) is 2.72. The minimum atomic E-state index is -0.946. The predicted molar refractivity (Wildman–Crippen MR) is 74.0 cm³/mol. The number of rotatable bonds is 7. The fourth-order valence-electron chi connectivity index (χ4n) is 1.63. The highest BCUT2D eigenvalue weighted by molar-refractivity contribution is 7.09. The van der Waals surface area contributed by atoms with Gasteiger partial charge in [0.2, 0.25) is 0 Å². The van der Waals surface area contributed by atoms with E-state index in [0.29, 0.717) is 5.57 Å². The topological polar surface area (TPSA) is 90.7 Å². The molecule has 0 amide bonds. The van der Waals surface area contributed by atoms with Crippen LogP contribution in [0.15, 0.2) is 11.0 Å². The van der Waals surface area contributed by atoms with Gasteiger partial charge in [0.15, 0.2) is 0 Å². The highest BCUT2D eigenvalue weighted by Crippen LogP contribution is 2.16. The molecule has 0 aliphatic carbocycles. The number of nitrogens with zero attached hydrogens (tertiary/aromatic N) is 1. The quantitative estimate of drug-likeness (QED) is 0.711. The lowest BCUT2D eigenvalue weighted by molar-refractivity contribution is -0.137. The molecule has 1 aromatic heterocycles. The average molecular weight is 285 g/mol. The van der Waals surface area contributed by atoms with Crippen molar-refractivity contribution in [3.63, 3.8) is 0 Å². The first-order valence-corrected chi connectivity index (χ1v) is 6.94. The molecule has 1 rings (SSSR count). The zero-order valence-electron chi connectivity index (χ0n) is 11.0. The Labute approximate surface area is 116 Å². The minimum absolute atomic E-state index is 0.0953. The van der Waals surface area contributed by atoms with Crippen LogP contribution in [-0.2, 0) is 4.79 Å². The Morgan fingerprint density at radius 1 is 1.53 bits per heavy atom. The van der Waals surface area contributed by atoms with Gasteiger partial charge in [-0.1, -0.05) is 0 Å². The van der Waals surface area contributed by atoms with Gasteiger partial charge in [-0.25, -0.2) is 4.98 Å². The van der Waals surface area contributed by atoms with Gasteiger partial charge in [-0.3, -0.25) is 4.79 Å². The van der Waals surface area contributed by atoms with E-state index in [1.807, 2.05) is 12.3 Å². The van der Waals surface area contributed by atoms with Gasteiger partial charge in [0.25, 0.3) is 0 Å². The number of aliphatic hydroxyl groups is 2. The summed E-state index contributed by atoms with van der Waals surface area (Å²) in [5, 5.41) is 30.9. The van der Waals surface area contributed by atoms with Crippen LogP contribution in [0.1, 0.15) is 36.9 Å². The molecule has 5 nitrogen and oxygen atoms in total. The fraction of sp³-hybridized carbons (Fsp3) is 0.538. The molecule has 2 atom stereocenters. The van der Waals surface area contributed by atoms with Crippen molar-refractivity contribution in [2.24, 2.45) is 0 Å². The molecule has 6 heteroatoms. The Bertz CT molecular complexity index is 455. The number of aromatic nitrogens is 1. The summed E-state index contributed by atoms with van der Waals surface area (Å²) in [5.41, 5.74) is 1.50. The number of aliphatic carboxylic acids is 1. The molecule has 0 spiro atoms. The van der Waals surface area contributed by atoms with Gasteiger partial charge in [0.1, 0.15) is 0 Å². The van der Waals surface area contributed by atoms with Gasteiger partial charge in [-0.15, -0.1) is 11.3 Å². The second-order valence-electron chi connectivity index (χ2n) is 4.52. The lowest BCUT2D eigenvalue weighted by Crippen LogP contribution is -2.19. The number of carboxylic acids is 1. The van der Waals surface area contributed by atoms with E-state index in [9.17, 15) is 15.0 Å². The van der Waals surface area contributed by atoms with Gasteiger partial charge in [-0.2, -0.15) is 0 Å². The zero-order chi connectivity index (χ0) is 14.4. The van der Waals surface area contributed by atoms with Gasteiger partial charge >= 0.3 is 5.97 Å². The number of carbonyl (C=O) groups is 1. The van der Waals surface area contributed by atoms with Crippen LogP contribution in [0.25, 0.3) is 6.08 Å². The number of hydrogen-bond acceptors (Lipinski definition) is 5. The Hall–Kier alpha value is -1.24. The molecule has 0 bridgehead atoms. The summed E-state index contributed by atoms with van der Waals surface area (Å²) in [6.07, 6.45) is 0.367. The van der Waals surface area contributed by atoms with Crippen LogP contribution in [-0.4, -0.2) is 38.5 Å². The highest BCUT2D eigenvalue weighted by Gasteiger charge is 2.15. The SMILES string of the molecule is CC(=Cc1csc(C)n1)C(O)CC(O)CCC(=O)O. The van der Waals surface area contributed by atoms with Crippen molar-refractivity contribution in [3.05, 3.63) is 21.7 Å². The molecular formula is C13H19NO4S. The number of thiazole rings is 1. The van der Waals surface area contributed by atoms with Crippen LogP contribution >= 0.6 is 11.3 Å². The molecule has 106 valence electrons. The maximum absolute atomic E-state index is 10.4. The summed E-state index contributed by atoms with van der Waals surface area (Å²) >= 11 is 1.53. The van der Waals surface area contributed by atoms with Gasteiger partial charge < -0.3 is 15.3 Å². The van der Waals surface area contributed by atoms with Crippen molar-refractivity contribution in [2.45, 2.75) is 45.3 Å². The monoisotopic (exact) mass is 285 g/mol. The van der Waals surface area contributed by atoms with Crippen LogP contribution < -0.4 is 0 Å². The number of carboxylic acid groups (broad SMARTS) is 1. The van der Waals surface area contributed by atoms with Crippen LogP contribution in [0.3, 0.4) is 0 Å². The van der Waals surface area contributed by atoms with E-state index in [-0.39, 0.29) is 19.3 Å². The molecule has 2 unspecified atom stereocenters. The second-order valence-corrected chi connectivity index (χ2v) is 5.58. The molecule has 0 saturated carbocycles. The lowest BCUT2D eigenvalue weighted by Gasteiger charge is -2.15. The van der Waals surface area contributed by atoms with Crippen molar-refractivity contribution in [1.82, 2.24) is 4.98 Å². The van der Waals surface area contributed by atoms with Crippen molar-refractivity contribution in [1.29, 1.82) is 0 Å². The predicted octanol–water partition coefficient (Wildman–Crippen LogP) is 1.83. The van der Waals surface area contributed by atoms with E-state index in [1.54, 1.807) is 13.0 Å². The molecule has 0 aromatic carbocycles. The Kier molecular flexibility index (Phi) is 6.14. The average Bonchev–Trinajstić information content (AvgIpc) is 2.72. The third-order valence-corrected chi connectivity index (χ3v) is 3.52. The van der Waals surface area contributed by atoms with Crippen molar-refractivity contribution < 1.29 is 20.1 Å². The molecule has 0 aliphatic heterocycles. The maximum atomic E-state index is 10.4. The molecule has 1 heterocycles. The van der Waals surface area contributed by atoms with Crippen molar-refractivity contribution in [2.75, 3.05) is 0 Å². The van der Waals surface area contributed by atoms with Gasteiger partial charge in [0, 0.05) is 18.2 Å². The summed E-state index contributed by atoms with van der Waals surface area (Å²) in [4.78, 5) is 14.6. The number of aliphatic hydroxyl groups excluding tert-OH is 2. The van der Waals surface area contributed by atoms with E-state index in [4.69, 9.17) is 5.11 Å². The smallest absolute Gasteiger partial charge is 0.303 e. The molecule has 0 aliphatic rings. The highest BCUT2D eigenvalue weighted by atomic mass is 32.1. The summed E-state index contributed by atoms with van der Waals surface area (Å²) < 4.78 is 0. The summed E-state index contributed by atoms with van der Waals surface area (Å²) in [6, 6.07) is 0. The first kappa shape index (κ1) is 15.8. The van der Waals surface area contributed by atoms with Gasteiger partial charge in [0.05, 0.1) is 22.9 Å².